The van der Waals surface area contributed by atoms with Gasteiger partial charge in [-0.05, 0) is 36.3 Å². The Hall–Kier alpha value is -1.72. The molecule has 2 unspecified atom stereocenters. The summed E-state index contributed by atoms with van der Waals surface area (Å²) in [5.74, 6) is -0.470. The highest BCUT2D eigenvalue weighted by Crippen LogP contribution is 2.55. The van der Waals surface area contributed by atoms with Gasteiger partial charge in [-0.25, -0.2) is 4.89 Å². The number of rotatable bonds is 3. The van der Waals surface area contributed by atoms with Crippen LogP contribution in [0.2, 0.25) is 0 Å². The van der Waals surface area contributed by atoms with Crippen LogP contribution in [0.5, 0.6) is 0 Å². The zero-order valence-corrected chi connectivity index (χ0v) is 15.7. The predicted octanol–water partition coefficient (Wildman–Crippen LogP) is 5.18. The van der Waals surface area contributed by atoms with Crippen molar-refractivity contribution < 1.29 is 19.2 Å². The Labute approximate surface area is 160 Å². The van der Waals surface area contributed by atoms with Gasteiger partial charge in [-0.1, -0.05) is 67.4 Å². The molecule has 4 nitrogen and oxygen atoms in total. The van der Waals surface area contributed by atoms with E-state index in [0.29, 0.717) is 5.92 Å². The first-order chi connectivity index (χ1) is 13.3. The zero-order chi connectivity index (χ0) is 18.3. The Kier molecular flexibility index (Phi) is 4.32. The molecule has 1 saturated carbocycles. The van der Waals surface area contributed by atoms with E-state index in [1.54, 1.807) is 7.11 Å². The maximum Gasteiger partial charge on any atom is 0.230 e. The van der Waals surface area contributed by atoms with Crippen molar-refractivity contribution in [3.8, 4) is 11.1 Å². The number of fused-ring (bicyclic) bond motifs is 3. The summed E-state index contributed by atoms with van der Waals surface area (Å²) in [5, 5.41) is 0. The van der Waals surface area contributed by atoms with Crippen LogP contribution in [-0.4, -0.2) is 19.0 Å². The van der Waals surface area contributed by atoms with Gasteiger partial charge in [-0.15, -0.1) is 0 Å². The van der Waals surface area contributed by atoms with E-state index >= 15 is 0 Å². The Morgan fingerprint density at radius 2 is 1.63 bits per heavy atom. The number of hydrogen-bond acceptors (Lipinski definition) is 4. The second-order valence-corrected chi connectivity index (χ2v) is 7.98. The first-order valence-corrected chi connectivity index (χ1v) is 9.99. The molecule has 2 aromatic rings. The molecule has 1 spiro atoms. The lowest BCUT2D eigenvalue weighted by molar-refractivity contribution is -0.558. The van der Waals surface area contributed by atoms with E-state index in [0.717, 1.165) is 37.7 Å². The van der Waals surface area contributed by atoms with E-state index in [2.05, 4.69) is 48.5 Å². The molecule has 4 atom stereocenters. The highest BCUT2D eigenvalue weighted by molar-refractivity contribution is 5.63. The Balaban J connectivity index is 1.48. The van der Waals surface area contributed by atoms with E-state index in [4.69, 9.17) is 19.2 Å². The maximum atomic E-state index is 6.47. The third kappa shape index (κ3) is 2.74. The first-order valence-electron chi connectivity index (χ1n) is 9.99. The van der Waals surface area contributed by atoms with Crippen LogP contribution in [0, 0.1) is 5.92 Å². The fourth-order valence-electron chi connectivity index (χ4n) is 5.05. The third-order valence-electron chi connectivity index (χ3n) is 6.56. The summed E-state index contributed by atoms with van der Waals surface area (Å²) in [6.07, 6.45) is 5.86. The molecule has 0 amide bonds. The molecule has 3 heterocycles. The summed E-state index contributed by atoms with van der Waals surface area (Å²) in [4.78, 5) is 12.1. The Morgan fingerprint density at radius 3 is 2.41 bits per heavy atom. The lowest BCUT2D eigenvalue weighted by Crippen LogP contribution is -2.59. The summed E-state index contributed by atoms with van der Waals surface area (Å²) >= 11 is 0. The summed E-state index contributed by atoms with van der Waals surface area (Å²) in [7, 11) is 1.71. The summed E-state index contributed by atoms with van der Waals surface area (Å²) in [6, 6.07) is 18.8. The highest BCUT2D eigenvalue weighted by atomic mass is 17.3. The van der Waals surface area contributed by atoms with Gasteiger partial charge in [0.2, 0.25) is 5.79 Å². The molecule has 27 heavy (non-hydrogen) atoms. The van der Waals surface area contributed by atoms with Crippen molar-refractivity contribution in [2.45, 2.75) is 56.2 Å². The topological polar surface area (TPSA) is 36.9 Å². The molecule has 2 bridgehead atoms. The largest absolute Gasteiger partial charge is 0.353 e. The average molecular weight is 366 g/mol. The minimum atomic E-state index is -0.890. The van der Waals surface area contributed by atoms with Gasteiger partial charge >= 0.3 is 0 Å². The van der Waals surface area contributed by atoms with Crippen molar-refractivity contribution in [2.75, 3.05) is 7.11 Å². The Bertz CT molecular complexity index is 786. The van der Waals surface area contributed by atoms with Crippen LogP contribution in [0.4, 0.5) is 0 Å². The Morgan fingerprint density at radius 1 is 0.852 bits per heavy atom. The van der Waals surface area contributed by atoms with Crippen LogP contribution in [0.25, 0.3) is 11.1 Å². The van der Waals surface area contributed by atoms with Gasteiger partial charge < -0.3 is 9.47 Å². The molecule has 3 aliphatic heterocycles. The fourth-order valence-corrected chi connectivity index (χ4v) is 5.05. The maximum absolute atomic E-state index is 6.47. The fraction of sp³-hybridized carbons (Fsp3) is 0.478. The standard InChI is InChI=1S/C23H26O4/c1-24-21-22-15-6-5-9-19(22)14-16-23(25-21,27-26-22)20-12-10-18(11-13-20)17-7-3-2-4-8-17/h2-4,7-8,10-13,19,21H,5-6,9,14-16H2,1H3/t19?,21?,22-,23-/m0/s1. The lowest BCUT2D eigenvalue weighted by atomic mass is 9.73. The lowest BCUT2D eigenvalue weighted by Gasteiger charge is -2.49. The molecule has 6 rings (SSSR count). The minimum Gasteiger partial charge on any atom is -0.353 e. The van der Waals surface area contributed by atoms with Crippen LogP contribution < -0.4 is 0 Å². The summed E-state index contributed by atoms with van der Waals surface area (Å²) in [6.45, 7) is 0. The van der Waals surface area contributed by atoms with E-state index < -0.39 is 17.7 Å². The molecule has 4 fully saturated rings. The van der Waals surface area contributed by atoms with Crippen molar-refractivity contribution in [3.63, 3.8) is 0 Å². The summed E-state index contributed by atoms with van der Waals surface area (Å²) < 4.78 is 12.2. The SMILES string of the molecule is COC1O[C@@]2(c3ccc(-c4ccccc4)cc3)CCC3CCCC[C@]31OO2. The first kappa shape index (κ1) is 17.4. The van der Waals surface area contributed by atoms with E-state index in [9.17, 15) is 0 Å². The van der Waals surface area contributed by atoms with Crippen LogP contribution in [0.1, 0.15) is 44.1 Å². The molecule has 0 radical (unpaired) electrons. The van der Waals surface area contributed by atoms with Crippen LogP contribution in [0.15, 0.2) is 54.6 Å². The van der Waals surface area contributed by atoms with Gasteiger partial charge in [0.25, 0.3) is 0 Å². The van der Waals surface area contributed by atoms with E-state index in [1.807, 2.05) is 6.07 Å². The van der Waals surface area contributed by atoms with E-state index in [-0.39, 0.29) is 0 Å². The van der Waals surface area contributed by atoms with Crippen molar-refractivity contribution in [2.24, 2.45) is 5.92 Å². The normalized spacial score (nSPS) is 35.4. The van der Waals surface area contributed by atoms with Crippen LogP contribution in [0.3, 0.4) is 0 Å². The van der Waals surface area contributed by atoms with Gasteiger partial charge in [0, 0.05) is 19.1 Å². The zero-order valence-electron chi connectivity index (χ0n) is 15.7. The summed E-state index contributed by atoms with van der Waals surface area (Å²) in [5.41, 5.74) is 2.90. The molecule has 4 heteroatoms. The van der Waals surface area contributed by atoms with Gasteiger partial charge in [0.05, 0.1) is 0 Å². The molecule has 4 aliphatic rings. The molecule has 2 aromatic carbocycles. The molecule has 3 saturated heterocycles. The molecular formula is C23H26O4. The van der Waals surface area contributed by atoms with Gasteiger partial charge in [0.1, 0.15) is 0 Å². The number of methoxy groups -OCH3 is 1. The second kappa shape index (κ2) is 6.71. The third-order valence-corrected chi connectivity index (χ3v) is 6.56. The van der Waals surface area contributed by atoms with Gasteiger partial charge in [0.15, 0.2) is 11.9 Å². The van der Waals surface area contributed by atoms with Gasteiger partial charge in [-0.3, -0.25) is 0 Å². The van der Waals surface area contributed by atoms with Gasteiger partial charge in [-0.2, -0.15) is 4.89 Å². The van der Waals surface area contributed by atoms with Crippen molar-refractivity contribution in [1.29, 1.82) is 0 Å². The molecule has 1 aliphatic carbocycles. The van der Waals surface area contributed by atoms with Crippen molar-refractivity contribution >= 4 is 0 Å². The highest BCUT2D eigenvalue weighted by Gasteiger charge is 2.61. The number of hydrogen-bond donors (Lipinski definition) is 0. The smallest absolute Gasteiger partial charge is 0.230 e. The average Bonchev–Trinajstić information content (AvgIpc) is 3.01. The molecule has 142 valence electrons. The number of benzene rings is 2. The van der Waals surface area contributed by atoms with E-state index in [1.165, 1.54) is 17.5 Å². The monoisotopic (exact) mass is 366 g/mol. The minimum absolute atomic E-state index is 0.396. The van der Waals surface area contributed by atoms with Crippen LogP contribution in [-0.2, 0) is 25.0 Å². The van der Waals surface area contributed by atoms with Crippen molar-refractivity contribution in [3.05, 3.63) is 60.2 Å². The molecular weight excluding hydrogens is 340 g/mol. The number of ether oxygens (including phenoxy) is 2. The molecule has 0 N–H and O–H groups in total. The second-order valence-electron chi connectivity index (χ2n) is 7.98. The molecule has 0 aromatic heterocycles. The quantitative estimate of drug-likeness (QED) is 0.702. The van der Waals surface area contributed by atoms with Crippen molar-refractivity contribution in [1.82, 2.24) is 0 Å². The van der Waals surface area contributed by atoms with Crippen LogP contribution >= 0.6 is 0 Å². The predicted molar refractivity (Wildman–Crippen MR) is 102 cm³/mol.